The minimum Gasteiger partial charge on any atom is -0.453 e. The third-order valence-electron chi connectivity index (χ3n) is 3.12. The molecule has 0 bridgehead atoms. The number of halogens is 1. The summed E-state index contributed by atoms with van der Waals surface area (Å²) < 4.78 is 19.5. The largest absolute Gasteiger partial charge is 0.453 e. The zero-order valence-corrected chi connectivity index (χ0v) is 11.4. The predicted octanol–water partition coefficient (Wildman–Crippen LogP) is 3.77. The molecule has 1 atom stereocenters. The van der Waals surface area contributed by atoms with Crippen LogP contribution in [-0.4, -0.2) is 7.05 Å². The van der Waals surface area contributed by atoms with Crippen LogP contribution in [0.4, 0.5) is 4.39 Å². The van der Waals surface area contributed by atoms with Crippen molar-refractivity contribution in [3.05, 3.63) is 59.4 Å². The van der Waals surface area contributed by atoms with Crippen molar-refractivity contribution in [2.75, 3.05) is 7.05 Å². The second-order valence-electron chi connectivity index (χ2n) is 4.41. The summed E-state index contributed by atoms with van der Waals surface area (Å²) in [7, 11) is 1.82. The van der Waals surface area contributed by atoms with Crippen LogP contribution in [0.25, 0.3) is 0 Å². The minimum absolute atomic E-state index is 0.0601. The summed E-state index contributed by atoms with van der Waals surface area (Å²) in [5.74, 6) is 0.0143. The second-order valence-corrected chi connectivity index (χ2v) is 4.41. The third-order valence-corrected chi connectivity index (χ3v) is 3.12. The van der Waals surface area contributed by atoms with E-state index in [1.807, 2.05) is 20.0 Å². The summed E-state index contributed by atoms with van der Waals surface area (Å²) in [4.78, 5) is 0. The lowest BCUT2D eigenvalue weighted by Gasteiger charge is -2.13. The molecule has 102 valence electrons. The molecular weight excluding hydrogens is 255 g/mol. The minimum atomic E-state index is -0.447. The number of rotatable bonds is 4. The lowest BCUT2D eigenvalue weighted by atomic mass is 10.1. The van der Waals surface area contributed by atoms with Gasteiger partial charge in [-0.1, -0.05) is 18.2 Å². The lowest BCUT2D eigenvalue weighted by Crippen LogP contribution is -2.12. The van der Waals surface area contributed by atoms with Crippen molar-refractivity contribution in [3.8, 4) is 17.6 Å². The van der Waals surface area contributed by atoms with E-state index in [1.165, 1.54) is 6.07 Å². The molecule has 3 nitrogen and oxygen atoms in total. The van der Waals surface area contributed by atoms with Gasteiger partial charge in [0.25, 0.3) is 0 Å². The Labute approximate surface area is 117 Å². The number of ether oxygens (including phenoxy) is 1. The molecule has 0 aliphatic carbocycles. The van der Waals surface area contributed by atoms with Gasteiger partial charge in [0.05, 0.1) is 5.56 Å². The van der Waals surface area contributed by atoms with Crippen LogP contribution in [0.1, 0.15) is 24.1 Å². The Balaban J connectivity index is 2.29. The van der Waals surface area contributed by atoms with Crippen molar-refractivity contribution in [3.63, 3.8) is 0 Å². The van der Waals surface area contributed by atoms with Crippen molar-refractivity contribution >= 4 is 0 Å². The maximum Gasteiger partial charge on any atom is 0.166 e. The van der Waals surface area contributed by atoms with Crippen LogP contribution in [0.15, 0.2) is 42.5 Å². The zero-order chi connectivity index (χ0) is 14.5. The SMILES string of the molecule is CNC(C)c1ccc(Oc2ccccc2C#N)c(F)c1. The van der Waals surface area contributed by atoms with Crippen molar-refractivity contribution in [1.29, 1.82) is 5.26 Å². The molecular formula is C16H15FN2O. The van der Waals surface area contributed by atoms with Crippen LogP contribution < -0.4 is 10.1 Å². The molecule has 0 saturated heterocycles. The van der Waals surface area contributed by atoms with Gasteiger partial charge in [0.1, 0.15) is 11.8 Å². The van der Waals surface area contributed by atoms with E-state index in [-0.39, 0.29) is 11.8 Å². The summed E-state index contributed by atoms with van der Waals surface area (Å²) in [5, 5.41) is 12.0. The lowest BCUT2D eigenvalue weighted by molar-refractivity contribution is 0.439. The van der Waals surface area contributed by atoms with Crippen molar-refractivity contribution < 1.29 is 9.13 Å². The number of nitriles is 1. The van der Waals surface area contributed by atoms with E-state index in [4.69, 9.17) is 10.00 Å². The van der Waals surface area contributed by atoms with E-state index in [0.717, 1.165) is 5.56 Å². The molecule has 0 amide bonds. The van der Waals surface area contributed by atoms with Gasteiger partial charge in [0.15, 0.2) is 11.6 Å². The molecule has 4 heteroatoms. The number of para-hydroxylation sites is 1. The summed E-state index contributed by atoms with van der Waals surface area (Å²) in [5.41, 5.74) is 1.21. The number of nitrogens with zero attached hydrogens (tertiary/aromatic N) is 1. The smallest absolute Gasteiger partial charge is 0.166 e. The topological polar surface area (TPSA) is 45.0 Å². The van der Waals surface area contributed by atoms with Gasteiger partial charge in [0.2, 0.25) is 0 Å². The Kier molecular flexibility index (Phi) is 4.34. The van der Waals surface area contributed by atoms with E-state index in [0.29, 0.717) is 11.3 Å². The van der Waals surface area contributed by atoms with Gasteiger partial charge in [-0.2, -0.15) is 5.26 Å². The molecule has 0 heterocycles. The number of hydrogen-bond acceptors (Lipinski definition) is 3. The van der Waals surface area contributed by atoms with Gasteiger partial charge < -0.3 is 10.1 Å². The average Bonchev–Trinajstić information content (AvgIpc) is 2.49. The molecule has 20 heavy (non-hydrogen) atoms. The standard InChI is InChI=1S/C16H15FN2O/c1-11(19-2)12-7-8-16(14(17)9-12)20-15-6-4-3-5-13(15)10-18/h3-9,11,19H,1-2H3. The molecule has 0 aliphatic rings. The molecule has 1 unspecified atom stereocenters. The highest BCUT2D eigenvalue weighted by molar-refractivity contribution is 5.45. The van der Waals surface area contributed by atoms with Gasteiger partial charge in [-0.25, -0.2) is 4.39 Å². The van der Waals surface area contributed by atoms with E-state index in [1.54, 1.807) is 36.4 Å². The molecule has 0 saturated carbocycles. The van der Waals surface area contributed by atoms with E-state index >= 15 is 0 Å². The Morgan fingerprint density at radius 3 is 2.60 bits per heavy atom. The molecule has 0 radical (unpaired) electrons. The number of nitrogens with one attached hydrogen (secondary N) is 1. The van der Waals surface area contributed by atoms with Gasteiger partial charge in [-0.05, 0) is 43.8 Å². The first-order valence-corrected chi connectivity index (χ1v) is 6.29. The van der Waals surface area contributed by atoms with Crippen LogP contribution in [0.2, 0.25) is 0 Å². The third kappa shape index (κ3) is 2.95. The van der Waals surface area contributed by atoms with Crippen LogP contribution in [-0.2, 0) is 0 Å². The summed E-state index contributed by atoms with van der Waals surface area (Å²) in [6.07, 6.45) is 0. The molecule has 2 rings (SSSR count). The zero-order valence-electron chi connectivity index (χ0n) is 11.4. The fraction of sp³-hybridized carbons (Fsp3) is 0.188. The van der Waals surface area contributed by atoms with E-state index in [2.05, 4.69) is 5.32 Å². The van der Waals surface area contributed by atoms with E-state index < -0.39 is 5.82 Å². The molecule has 0 aromatic heterocycles. The van der Waals surface area contributed by atoms with Crippen LogP contribution in [0.3, 0.4) is 0 Å². The quantitative estimate of drug-likeness (QED) is 0.919. The van der Waals surface area contributed by atoms with Gasteiger partial charge in [-0.15, -0.1) is 0 Å². The van der Waals surface area contributed by atoms with Crippen LogP contribution >= 0.6 is 0 Å². The Hall–Kier alpha value is -2.38. The van der Waals surface area contributed by atoms with Gasteiger partial charge in [-0.3, -0.25) is 0 Å². The molecule has 0 fully saturated rings. The van der Waals surface area contributed by atoms with Gasteiger partial charge >= 0.3 is 0 Å². The van der Waals surface area contributed by atoms with E-state index in [9.17, 15) is 4.39 Å². The first kappa shape index (κ1) is 14.0. The monoisotopic (exact) mass is 270 g/mol. The first-order valence-electron chi connectivity index (χ1n) is 6.29. The average molecular weight is 270 g/mol. The van der Waals surface area contributed by atoms with Crippen LogP contribution in [0, 0.1) is 17.1 Å². The summed E-state index contributed by atoms with van der Waals surface area (Å²) in [6.45, 7) is 1.94. The summed E-state index contributed by atoms with van der Waals surface area (Å²) in [6, 6.07) is 13.6. The van der Waals surface area contributed by atoms with Crippen LogP contribution in [0.5, 0.6) is 11.5 Å². The fourth-order valence-electron chi connectivity index (χ4n) is 1.80. The molecule has 0 aliphatic heterocycles. The normalized spacial score (nSPS) is 11.7. The molecule has 2 aromatic carbocycles. The number of benzene rings is 2. The van der Waals surface area contributed by atoms with Crippen molar-refractivity contribution in [2.24, 2.45) is 0 Å². The highest BCUT2D eigenvalue weighted by Gasteiger charge is 2.11. The second kappa shape index (κ2) is 6.18. The molecule has 0 spiro atoms. The van der Waals surface area contributed by atoms with Gasteiger partial charge in [0, 0.05) is 6.04 Å². The maximum absolute atomic E-state index is 14.0. The van der Waals surface area contributed by atoms with Crippen molar-refractivity contribution in [2.45, 2.75) is 13.0 Å². The molecule has 1 N–H and O–H groups in total. The highest BCUT2D eigenvalue weighted by atomic mass is 19.1. The summed E-state index contributed by atoms with van der Waals surface area (Å²) >= 11 is 0. The first-order chi connectivity index (χ1) is 9.65. The fourth-order valence-corrected chi connectivity index (χ4v) is 1.80. The predicted molar refractivity (Wildman–Crippen MR) is 75.1 cm³/mol. The highest BCUT2D eigenvalue weighted by Crippen LogP contribution is 2.28. The maximum atomic E-state index is 14.0. The number of hydrogen-bond donors (Lipinski definition) is 1. The Morgan fingerprint density at radius 2 is 1.95 bits per heavy atom. The molecule has 2 aromatic rings. The Bertz CT molecular complexity index is 649. The van der Waals surface area contributed by atoms with Crippen molar-refractivity contribution in [1.82, 2.24) is 5.32 Å². The Morgan fingerprint density at radius 1 is 1.20 bits per heavy atom.